The second kappa shape index (κ2) is 8.80. The molecule has 13 heteroatoms. The Bertz CT molecular complexity index is 1310. The van der Waals surface area contributed by atoms with Crippen LogP contribution in [0.25, 0.3) is 5.95 Å². The predicted molar refractivity (Wildman–Crippen MR) is 125 cm³/mol. The summed E-state index contributed by atoms with van der Waals surface area (Å²) in [6.07, 6.45) is 1.47. The molecule has 1 aliphatic rings. The SMILES string of the molecule is Cc1cc(C)n(-c2nnc(SCC(=O)N3CCCc4cc(S(=O)(=O)N(C)C)ccc43)n2N)n1. The highest BCUT2D eigenvalue weighted by Gasteiger charge is 2.26. The van der Waals surface area contributed by atoms with E-state index in [4.69, 9.17) is 5.84 Å². The van der Waals surface area contributed by atoms with Crippen molar-refractivity contribution in [2.45, 2.75) is 36.7 Å². The Morgan fingerprint density at radius 1 is 1.21 bits per heavy atom. The van der Waals surface area contributed by atoms with Gasteiger partial charge in [-0.1, -0.05) is 11.8 Å². The second-order valence-electron chi connectivity index (χ2n) is 8.01. The van der Waals surface area contributed by atoms with Crippen molar-refractivity contribution < 1.29 is 13.2 Å². The number of anilines is 1. The number of aromatic nitrogens is 5. The highest BCUT2D eigenvalue weighted by Crippen LogP contribution is 2.31. The van der Waals surface area contributed by atoms with Crippen LogP contribution in [0.5, 0.6) is 0 Å². The lowest BCUT2D eigenvalue weighted by molar-refractivity contribution is -0.116. The number of hydrogen-bond donors (Lipinski definition) is 1. The zero-order chi connectivity index (χ0) is 23.9. The van der Waals surface area contributed by atoms with Gasteiger partial charge < -0.3 is 10.7 Å². The van der Waals surface area contributed by atoms with Gasteiger partial charge in [0.1, 0.15) is 0 Å². The topological polar surface area (TPSA) is 132 Å². The monoisotopic (exact) mass is 490 g/mol. The number of nitrogen functional groups attached to an aromatic ring is 1. The molecule has 0 fully saturated rings. The molecule has 0 unspecified atom stereocenters. The molecule has 0 radical (unpaired) electrons. The van der Waals surface area contributed by atoms with Crippen molar-refractivity contribution in [3.05, 3.63) is 41.2 Å². The Hall–Kier alpha value is -2.90. The number of carbonyl (C=O) groups is 1. The van der Waals surface area contributed by atoms with Gasteiger partial charge in [0.25, 0.3) is 5.95 Å². The summed E-state index contributed by atoms with van der Waals surface area (Å²) in [6, 6.07) is 6.83. The second-order valence-corrected chi connectivity index (χ2v) is 11.1. The molecule has 2 aromatic heterocycles. The van der Waals surface area contributed by atoms with Gasteiger partial charge >= 0.3 is 0 Å². The number of fused-ring (bicyclic) bond motifs is 1. The number of nitrogens with zero attached hydrogens (tertiary/aromatic N) is 7. The van der Waals surface area contributed by atoms with E-state index in [1.54, 1.807) is 27.8 Å². The molecule has 1 aliphatic heterocycles. The summed E-state index contributed by atoms with van der Waals surface area (Å²) in [5.41, 5.74) is 3.29. The van der Waals surface area contributed by atoms with E-state index in [0.717, 1.165) is 29.1 Å². The largest absolute Gasteiger partial charge is 0.334 e. The van der Waals surface area contributed by atoms with E-state index in [9.17, 15) is 13.2 Å². The maximum absolute atomic E-state index is 13.0. The molecule has 11 nitrogen and oxygen atoms in total. The molecule has 0 spiro atoms. The maximum atomic E-state index is 13.0. The average molecular weight is 491 g/mol. The van der Waals surface area contributed by atoms with Crippen LogP contribution in [-0.4, -0.2) is 69.7 Å². The van der Waals surface area contributed by atoms with Crippen LogP contribution in [0.2, 0.25) is 0 Å². The summed E-state index contributed by atoms with van der Waals surface area (Å²) < 4.78 is 29.0. The highest BCUT2D eigenvalue weighted by atomic mass is 32.2. The summed E-state index contributed by atoms with van der Waals surface area (Å²) in [4.78, 5) is 14.9. The number of rotatable bonds is 6. The minimum Gasteiger partial charge on any atom is -0.334 e. The third-order valence-electron chi connectivity index (χ3n) is 5.42. The summed E-state index contributed by atoms with van der Waals surface area (Å²) in [7, 11) is -0.538. The predicted octanol–water partition coefficient (Wildman–Crippen LogP) is 1.12. The van der Waals surface area contributed by atoms with Gasteiger partial charge in [-0.2, -0.15) is 5.10 Å². The Balaban J connectivity index is 1.50. The van der Waals surface area contributed by atoms with Gasteiger partial charge in [0, 0.05) is 32.0 Å². The van der Waals surface area contributed by atoms with Crippen molar-refractivity contribution >= 4 is 33.4 Å². The molecule has 4 rings (SSSR count). The lowest BCUT2D eigenvalue weighted by atomic mass is 10.0. The fraction of sp³-hybridized carbons (Fsp3) is 0.400. The first-order valence-corrected chi connectivity index (χ1v) is 12.7. The van der Waals surface area contributed by atoms with Crippen molar-refractivity contribution in [3.63, 3.8) is 0 Å². The molecule has 1 amide bonds. The number of amides is 1. The first-order chi connectivity index (χ1) is 15.6. The van der Waals surface area contributed by atoms with Gasteiger partial charge in [-0.15, -0.1) is 10.2 Å². The van der Waals surface area contributed by atoms with Crippen molar-refractivity contribution in [1.82, 2.24) is 29.0 Å². The number of nitrogens with two attached hydrogens (primary N) is 1. The molecule has 176 valence electrons. The molecule has 0 saturated carbocycles. The minimum absolute atomic E-state index is 0.111. The normalized spacial score (nSPS) is 14.0. The fourth-order valence-corrected chi connectivity index (χ4v) is 5.43. The lowest BCUT2D eigenvalue weighted by Gasteiger charge is -2.30. The third-order valence-corrected chi connectivity index (χ3v) is 8.16. The van der Waals surface area contributed by atoms with Crippen molar-refractivity contribution in [1.29, 1.82) is 0 Å². The zero-order valence-corrected chi connectivity index (χ0v) is 20.5. The summed E-state index contributed by atoms with van der Waals surface area (Å²) in [5.74, 6) is 6.53. The first kappa shape index (κ1) is 23.3. The van der Waals surface area contributed by atoms with E-state index in [1.165, 1.54) is 34.8 Å². The Labute approximate surface area is 196 Å². The molecular formula is C20H26N8O3S2. The maximum Gasteiger partial charge on any atom is 0.271 e. The molecule has 1 aromatic carbocycles. The van der Waals surface area contributed by atoms with Crippen LogP contribution in [0.4, 0.5) is 5.69 Å². The van der Waals surface area contributed by atoms with Gasteiger partial charge in [0.15, 0.2) is 0 Å². The molecule has 3 heterocycles. The Kier molecular flexibility index (Phi) is 6.20. The van der Waals surface area contributed by atoms with Crippen LogP contribution in [0, 0.1) is 13.8 Å². The summed E-state index contributed by atoms with van der Waals surface area (Å²) >= 11 is 1.19. The van der Waals surface area contributed by atoms with Crippen LogP contribution in [-0.2, 0) is 21.2 Å². The number of thioether (sulfide) groups is 1. The van der Waals surface area contributed by atoms with Crippen LogP contribution < -0.4 is 10.7 Å². The van der Waals surface area contributed by atoms with Crippen LogP contribution in [0.15, 0.2) is 34.3 Å². The molecular weight excluding hydrogens is 464 g/mol. The van der Waals surface area contributed by atoms with Gasteiger partial charge in [0.2, 0.25) is 21.1 Å². The number of benzene rings is 1. The van der Waals surface area contributed by atoms with E-state index in [-0.39, 0.29) is 16.6 Å². The number of aryl methyl sites for hydroxylation is 3. The standard InChI is InChI=1S/C20H26N8O3S2/c1-13-10-14(2)28(24-13)19-22-23-20(27(19)21)32-12-18(29)26-9-5-6-15-11-16(7-8-17(15)26)33(30,31)25(3)4/h7-8,10-11H,5-6,9,12,21H2,1-4H3. The Morgan fingerprint density at radius 2 is 1.97 bits per heavy atom. The smallest absolute Gasteiger partial charge is 0.271 e. The summed E-state index contributed by atoms with van der Waals surface area (Å²) in [5, 5.41) is 13.0. The number of carbonyl (C=O) groups excluding carboxylic acids is 1. The minimum atomic E-state index is -3.53. The molecule has 0 atom stereocenters. The van der Waals surface area contributed by atoms with Crippen molar-refractivity contribution in [2.75, 3.05) is 37.1 Å². The molecule has 2 N–H and O–H groups in total. The number of hydrogen-bond acceptors (Lipinski definition) is 8. The van der Waals surface area contributed by atoms with Gasteiger partial charge in [-0.3, -0.25) is 4.79 Å². The molecule has 0 aliphatic carbocycles. The van der Waals surface area contributed by atoms with Crippen LogP contribution >= 0.6 is 11.8 Å². The first-order valence-electron chi connectivity index (χ1n) is 10.3. The Morgan fingerprint density at radius 3 is 2.64 bits per heavy atom. The summed E-state index contributed by atoms with van der Waals surface area (Å²) in [6.45, 7) is 4.34. The quantitative estimate of drug-likeness (QED) is 0.401. The van der Waals surface area contributed by atoms with E-state index >= 15 is 0 Å². The molecule has 33 heavy (non-hydrogen) atoms. The van der Waals surface area contributed by atoms with E-state index in [2.05, 4.69) is 15.3 Å². The van der Waals surface area contributed by atoms with Crippen molar-refractivity contribution in [2.24, 2.45) is 0 Å². The van der Waals surface area contributed by atoms with Gasteiger partial charge in [-0.25, -0.2) is 22.1 Å². The molecule has 3 aromatic rings. The molecule has 0 saturated heterocycles. The van der Waals surface area contributed by atoms with E-state index in [1.807, 2.05) is 19.9 Å². The lowest BCUT2D eigenvalue weighted by Crippen LogP contribution is -2.37. The zero-order valence-electron chi connectivity index (χ0n) is 18.9. The van der Waals surface area contributed by atoms with E-state index < -0.39 is 10.0 Å². The van der Waals surface area contributed by atoms with Gasteiger partial charge in [-0.05, 0) is 56.5 Å². The number of sulfonamides is 1. The highest BCUT2D eigenvalue weighted by molar-refractivity contribution is 7.99. The van der Waals surface area contributed by atoms with Crippen LogP contribution in [0.1, 0.15) is 23.4 Å². The average Bonchev–Trinajstić information content (AvgIpc) is 3.31. The fourth-order valence-electron chi connectivity index (χ4n) is 3.75. The molecule has 0 bridgehead atoms. The van der Waals surface area contributed by atoms with E-state index in [0.29, 0.717) is 24.1 Å². The third kappa shape index (κ3) is 4.35. The van der Waals surface area contributed by atoms with Crippen LogP contribution in [0.3, 0.4) is 0 Å². The van der Waals surface area contributed by atoms with Crippen molar-refractivity contribution in [3.8, 4) is 5.95 Å². The van der Waals surface area contributed by atoms with Gasteiger partial charge in [0.05, 0.1) is 16.3 Å².